The quantitative estimate of drug-likeness (QED) is 0.924. The lowest BCUT2D eigenvalue weighted by atomic mass is 10.2. The maximum absolute atomic E-state index is 5.08. The molecule has 0 fully saturated rings. The Morgan fingerprint density at radius 2 is 2.15 bits per heavy atom. The van der Waals surface area contributed by atoms with Gasteiger partial charge in [-0.1, -0.05) is 0 Å². The third-order valence-electron chi connectivity index (χ3n) is 3.48. The van der Waals surface area contributed by atoms with Crippen LogP contribution in [0.5, 0.6) is 5.88 Å². The molecule has 104 valence electrons. The normalized spacial score (nSPS) is 13.1. The van der Waals surface area contributed by atoms with Crippen molar-refractivity contribution in [2.45, 2.75) is 26.2 Å². The van der Waals surface area contributed by atoms with E-state index in [0.717, 1.165) is 43.0 Å². The summed E-state index contributed by atoms with van der Waals surface area (Å²) in [6.45, 7) is 2.95. The predicted molar refractivity (Wildman–Crippen MR) is 78.0 cm³/mol. The molecule has 0 aromatic carbocycles. The zero-order chi connectivity index (χ0) is 13.9. The average Bonchev–Trinajstić information content (AvgIpc) is 2.96. The number of hydrogen-bond acceptors (Lipinski definition) is 5. The summed E-state index contributed by atoms with van der Waals surface area (Å²) in [5.41, 5.74) is 3.36. The lowest BCUT2D eigenvalue weighted by Gasteiger charge is -2.11. The van der Waals surface area contributed by atoms with E-state index in [1.165, 1.54) is 11.3 Å². The molecule has 0 bridgehead atoms. The Labute approximate surface area is 118 Å². The van der Waals surface area contributed by atoms with Crippen LogP contribution in [0.4, 0.5) is 5.82 Å². The third kappa shape index (κ3) is 2.31. The van der Waals surface area contributed by atoms with Crippen LogP contribution in [0.25, 0.3) is 11.4 Å². The van der Waals surface area contributed by atoms with Gasteiger partial charge in [0.15, 0.2) is 5.82 Å². The van der Waals surface area contributed by atoms with E-state index >= 15 is 0 Å². The molecular formula is C15H18N4O. The van der Waals surface area contributed by atoms with E-state index in [1.54, 1.807) is 13.3 Å². The first kappa shape index (κ1) is 12.8. The highest BCUT2D eigenvalue weighted by Gasteiger charge is 2.19. The first-order valence-electron chi connectivity index (χ1n) is 6.96. The predicted octanol–water partition coefficient (Wildman–Crippen LogP) is 2.47. The molecule has 1 aliphatic carbocycles. The molecule has 1 aliphatic rings. The topological polar surface area (TPSA) is 59.9 Å². The van der Waals surface area contributed by atoms with Gasteiger partial charge in [0.1, 0.15) is 5.82 Å². The fourth-order valence-electron chi connectivity index (χ4n) is 2.51. The summed E-state index contributed by atoms with van der Waals surface area (Å²) in [6, 6.07) is 3.77. The van der Waals surface area contributed by atoms with Crippen LogP contribution >= 0.6 is 0 Å². The van der Waals surface area contributed by atoms with Gasteiger partial charge in [-0.25, -0.2) is 15.0 Å². The molecular weight excluding hydrogens is 252 g/mol. The van der Waals surface area contributed by atoms with E-state index in [0.29, 0.717) is 5.88 Å². The van der Waals surface area contributed by atoms with E-state index in [2.05, 4.69) is 27.2 Å². The molecule has 0 saturated carbocycles. The van der Waals surface area contributed by atoms with Crippen molar-refractivity contribution in [2.75, 3.05) is 19.0 Å². The Kier molecular flexibility index (Phi) is 3.50. The smallest absolute Gasteiger partial charge is 0.212 e. The molecule has 2 aromatic rings. The molecule has 0 radical (unpaired) electrons. The van der Waals surface area contributed by atoms with Crippen molar-refractivity contribution >= 4 is 5.82 Å². The minimum absolute atomic E-state index is 0.599. The molecule has 1 N–H and O–H groups in total. The molecule has 0 aliphatic heterocycles. The first-order valence-corrected chi connectivity index (χ1v) is 6.96. The van der Waals surface area contributed by atoms with Crippen LogP contribution in [0.2, 0.25) is 0 Å². The molecule has 0 unspecified atom stereocenters. The van der Waals surface area contributed by atoms with Crippen molar-refractivity contribution in [3.63, 3.8) is 0 Å². The maximum Gasteiger partial charge on any atom is 0.212 e. The standard InChI is InChI=1S/C15H18N4O/c1-3-16-15-11-5-4-6-12(11)18-14(19-15)10-7-8-13(20-2)17-9-10/h7-9H,3-6H2,1-2H3,(H,16,18,19). The number of ether oxygens (including phenoxy) is 1. The van der Waals surface area contributed by atoms with Crippen molar-refractivity contribution in [1.82, 2.24) is 15.0 Å². The summed E-state index contributed by atoms with van der Waals surface area (Å²) in [6.07, 6.45) is 5.02. The van der Waals surface area contributed by atoms with Gasteiger partial charge < -0.3 is 10.1 Å². The SMILES string of the molecule is CCNc1nc(-c2ccc(OC)nc2)nc2c1CCC2. The number of fused-ring (bicyclic) bond motifs is 1. The first-order chi connectivity index (χ1) is 9.81. The van der Waals surface area contributed by atoms with E-state index in [9.17, 15) is 0 Å². The van der Waals surface area contributed by atoms with Crippen molar-refractivity contribution in [3.8, 4) is 17.3 Å². The summed E-state index contributed by atoms with van der Waals surface area (Å²) in [4.78, 5) is 13.6. The van der Waals surface area contributed by atoms with E-state index < -0.39 is 0 Å². The summed E-state index contributed by atoms with van der Waals surface area (Å²) < 4.78 is 5.08. The number of aryl methyl sites for hydroxylation is 1. The second-order valence-corrected chi connectivity index (χ2v) is 4.79. The Morgan fingerprint density at radius 1 is 1.25 bits per heavy atom. The van der Waals surface area contributed by atoms with Crippen molar-refractivity contribution in [1.29, 1.82) is 0 Å². The number of nitrogens with one attached hydrogen (secondary N) is 1. The molecule has 5 nitrogen and oxygen atoms in total. The molecule has 5 heteroatoms. The van der Waals surface area contributed by atoms with Crippen LogP contribution < -0.4 is 10.1 Å². The Balaban J connectivity index is 2.02. The van der Waals surface area contributed by atoms with Gasteiger partial charge in [-0.15, -0.1) is 0 Å². The zero-order valence-electron chi connectivity index (χ0n) is 11.8. The summed E-state index contributed by atoms with van der Waals surface area (Å²) in [7, 11) is 1.61. The van der Waals surface area contributed by atoms with Gasteiger partial charge in [0.05, 0.1) is 7.11 Å². The molecule has 0 saturated heterocycles. The lowest BCUT2D eigenvalue weighted by Crippen LogP contribution is -2.06. The Hall–Kier alpha value is -2.17. The number of nitrogens with zero attached hydrogens (tertiary/aromatic N) is 3. The molecule has 3 rings (SSSR count). The molecule has 2 aromatic heterocycles. The van der Waals surface area contributed by atoms with Gasteiger partial charge >= 0.3 is 0 Å². The largest absolute Gasteiger partial charge is 0.481 e. The van der Waals surface area contributed by atoms with E-state index in [-0.39, 0.29) is 0 Å². The summed E-state index contributed by atoms with van der Waals surface area (Å²) >= 11 is 0. The van der Waals surface area contributed by atoms with E-state index in [1.807, 2.05) is 12.1 Å². The van der Waals surface area contributed by atoms with Gasteiger partial charge in [-0.05, 0) is 32.3 Å². The second-order valence-electron chi connectivity index (χ2n) is 4.79. The number of aromatic nitrogens is 3. The minimum atomic E-state index is 0.599. The monoisotopic (exact) mass is 270 g/mol. The highest BCUT2D eigenvalue weighted by Crippen LogP contribution is 2.29. The third-order valence-corrected chi connectivity index (χ3v) is 3.48. The van der Waals surface area contributed by atoms with Gasteiger partial charge in [0, 0.05) is 35.6 Å². The average molecular weight is 270 g/mol. The number of anilines is 1. The van der Waals surface area contributed by atoms with Gasteiger partial charge in [-0.3, -0.25) is 0 Å². The van der Waals surface area contributed by atoms with Gasteiger partial charge in [-0.2, -0.15) is 0 Å². The zero-order valence-corrected chi connectivity index (χ0v) is 11.8. The number of pyridine rings is 1. The van der Waals surface area contributed by atoms with Gasteiger partial charge in [0.25, 0.3) is 0 Å². The Morgan fingerprint density at radius 3 is 2.85 bits per heavy atom. The summed E-state index contributed by atoms with van der Waals surface area (Å²) in [5, 5.41) is 3.34. The molecule has 2 heterocycles. The highest BCUT2D eigenvalue weighted by molar-refractivity contribution is 5.60. The van der Waals surface area contributed by atoms with Gasteiger partial charge in [0.2, 0.25) is 5.88 Å². The van der Waals surface area contributed by atoms with Crippen LogP contribution in [0, 0.1) is 0 Å². The van der Waals surface area contributed by atoms with Crippen molar-refractivity contribution in [3.05, 3.63) is 29.6 Å². The molecule has 20 heavy (non-hydrogen) atoms. The summed E-state index contributed by atoms with van der Waals surface area (Å²) in [5.74, 6) is 2.30. The molecule has 0 atom stereocenters. The number of hydrogen-bond donors (Lipinski definition) is 1. The maximum atomic E-state index is 5.08. The lowest BCUT2D eigenvalue weighted by molar-refractivity contribution is 0.398. The fraction of sp³-hybridized carbons (Fsp3) is 0.400. The van der Waals surface area contributed by atoms with Crippen LogP contribution in [0.3, 0.4) is 0 Å². The van der Waals surface area contributed by atoms with Crippen LogP contribution in [-0.2, 0) is 12.8 Å². The number of methoxy groups -OCH3 is 1. The van der Waals surface area contributed by atoms with Crippen molar-refractivity contribution in [2.24, 2.45) is 0 Å². The van der Waals surface area contributed by atoms with E-state index in [4.69, 9.17) is 4.74 Å². The second kappa shape index (κ2) is 5.45. The van der Waals surface area contributed by atoms with Crippen LogP contribution in [0.15, 0.2) is 18.3 Å². The van der Waals surface area contributed by atoms with Crippen molar-refractivity contribution < 1.29 is 4.74 Å². The van der Waals surface area contributed by atoms with Crippen LogP contribution in [0.1, 0.15) is 24.6 Å². The molecule has 0 amide bonds. The fourth-order valence-corrected chi connectivity index (χ4v) is 2.51. The highest BCUT2D eigenvalue weighted by atomic mass is 16.5. The Bertz CT molecular complexity index is 610. The molecule has 0 spiro atoms. The minimum Gasteiger partial charge on any atom is -0.481 e. The van der Waals surface area contributed by atoms with Crippen LogP contribution in [-0.4, -0.2) is 28.6 Å². The number of rotatable bonds is 4.